The number of piperidine rings is 3. The van der Waals surface area contributed by atoms with Crippen molar-refractivity contribution >= 4 is 62.9 Å². The van der Waals surface area contributed by atoms with Crippen molar-refractivity contribution in [2.24, 2.45) is 0 Å². The first kappa shape index (κ1) is 43.6. The van der Waals surface area contributed by atoms with Crippen LogP contribution in [0.4, 0.5) is 8.78 Å². The third-order valence-corrected chi connectivity index (χ3v) is 13.8. The molecule has 6 amide bonds. The fourth-order valence-corrected chi connectivity index (χ4v) is 9.89. The van der Waals surface area contributed by atoms with Gasteiger partial charge in [0.25, 0.3) is 11.8 Å². The molecule has 0 spiro atoms. The van der Waals surface area contributed by atoms with E-state index in [1.165, 1.54) is 21.5 Å². The summed E-state index contributed by atoms with van der Waals surface area (Å²) in [6.45, 7) is 12.0. The molecule has 65 heavy (non-hydrogen) atoms. The molecule has 15 nitrogen and oxygen atoms in total. The Balaban J connectivity index is 1.08. The van der Waals surface area contributed by atoms with Crippen LogP contribution in [-0.2, 0) is 51.4 Å². The number of aromatic nitrogens is 6. The predicted octanol–water partition coefficient (Wildman–Crippen LogP) is 6.34. The van der Waals surface area contributed by atoms with Crippen molar-refractivity contribution in [1.29, 1.82) is 0 Å². The molecule has 9 rings (SSSR count). The van der Waals surface area contributed by atoms with Crippen LogP contribution in [0, 0.1) is 11.6 Å². The molecule has 3 N–H and O–H groups in total. The average molecular weight is 888 g/mol. The fraction of sp³-hybridized carbons (Fsp3) is 0.438. The summed E-state index contributed by atoms with van der Waals surface area (Å²) in [5.41, 5.74) is 1.91. The number of hydrogen-bond acceptors (Lipinski definition) is 9. The van der Waals surface area contributed by atoms with Crippen LogP contribution in [-0.4, -0.2) is 64.4 Å². The van der Waals surface area contributed by atoms with E-state index in [2.05, 4.69) is 34.9 Å². The van der Waals surface area contributed by atoms with Crippen LogP contribution in [0.1, 0.15) is 139 Å². The second-order valence-electron chi connectivity index (χ2n) is 19.8. The highest BCUT2D eigenvalue weighted by Crippen LogP contribution is 2.43. The van der Waals surface area contributed by atoms with Crippen LogP contribution in [0.25, 0.3) is 27.5 Å². The Labute approximate surface area is 372 Å². The van der Waals surface area contributed by atoms with Gasteiger partial charge in [-0.15, -0.1) is 0 Å². The number of halogens is 2. The summed E-state index contributed by atoms with van der Waals surface area (Å²) in [7, 11) is 0. The molecule has 0 aliphatic carbocycles. The van der Waals surface area contributed by atoms with Crippen molar-refractivity contribution < 1.29 is 37.5 Å². The van der Waals surface area contributed by atoms with Crippen molar-refractivity contribution in [3.63, 3.8) is 0 Å². The van der Waals surface area contributed by atoms with E-state index in [1.807, 2.05) is 56.5 Å². The van der Waals surface area contributed by atoms with Crippen LogP contribution < -0.4 is 16.0 Å². The summed E-state index contributed by atoms with van der Waals surface area (Å²) in [4.78, 5) is 79.2. The zero-order valence-corrected chi connectivity index (χ0v) is 37.2. The van der Waals surface area contributed by atoms with E-state index in [0.29, 0.717) is 63.5 Å². The summed E-state index contributed by atoms with van der Waals surface area (Å²) in [6, 6.07) is 8.74. The Morgan fingerprint density at radius 3 is 1.94 bits per heavy atom. The Hall–Kier alpha value is -6.65. The number of carbonyl (C=O) groups is 6. The van der Waals surface area contributed by atoms with Gasteiger partial charge in [0.05, 0.1) is 22.6 Å². The van der Waals surface area contributed by atoms with Gasteiger partial charge in [0.15, 0.2) is 0 Å². The van der Waals surface area contributed by atoms with Crippen molar-refractivity contribution in [3.8, 4) is 0 Å². The van der Waals surface area contributed by atoms with Crippen LogP contribution in [0.5, 0.6) is 0 Å². The van der Waals surface area contributed by atoms with E-state index in [1.54, 1.807) is 18.5 Å². The summed E-state index contributed by atoms with van der Waals surface area (Å²) < 4.78 is 38.3. The zero-order valence-electron chi connectivity index (χ0n) is 37.2. The lowest BCUT2D eigenvalue weighted by Gasteiger charge is -2.33. The molecule has 7 heterocycles. The van der Waals surface area contributed by atoms with Crippen LogP contribution in [0.2, 0.25) is 0 Å². The van der Waals surface area contributed by atoms with Crippen molar-refractivity contribution in [2.45, 2.75) is 134 Å². The van der Waals surface area contributed by atoms with E-state index >= 15 is 8.78 Å². The third kappa shape index (κ3) is 7.98. The molecule has 3 aliphatic rings. The molecular weight excluding hydrogens is 837 g/mol. The summed E-state index contributed by atoms with van der Waals surface area (Å²) in [5.74, 6) is -3.95. The van der Waals surface area contributed by atoms with Crippen LogP contribution >= 0.6 is 0 Å². The lowest BCUT2D eigenvalue weighted by atomic mass is 9.72. The Morgan fingerprint density at radius 1 is 0.677 bits per heavy atom. The lowest BCUT2D eigenvalue weighted by molar-refractivity contribution is -0.137. The molecule has 3 fully saturated rings. The summed E-state index contributed by atoms with van der Waals surface area (Å²) in [5, 5.41) is 17.7. The normalized spacial score (nSPS) is 20.2. The van der Waals surface area contributed by atoms with Crippen molar-refractivity contribution in [3.05, 3.63) is 94.7 Å². The maximum absolute atomic E-state index is 17.8. The maximum atomic E-state index is 17.8. The molecule has 3 atom stereocenters. The van der Waals surface area contributed by atoms with Gasteiger partial charge < -0.3 is 4.40 Å². The first-order valence-corrected chi connectivity index (χ1v) is 22.1. The topological polar surface area (TPSA) is 191 Å². The van der Waals surface area contributed by atoms with Gasteiger partial charge in [0.2, 0.25) is 23.6 Å². The van der Waals surface area contributed by atoms with E-state index in [0.717, 1.165) is 5.69 Å². The van der Waals surface area contributed by atoms with Gasteiger partial charge in [0.1, 0.15) is 29.4 Å². The first-order chi connectivity index (χ1) is 30.7. The second-order valence-corrected chi connectivity index (χ2v) is 19.8. The number of imide groups is 3. The molecule has 17 heteroatoms. The van der Waals surface area contributed by atoms with Crippen LogP contribution in [0.3, 0.4) is 0 Å². The minimum absolute atomic E-state index is 0.0530. The number of carbonyl (C=O) groups excluding carboxylic acids is 6. The standard InChI is InChI=1S/C48H51F2N9O6/c1-46(2,16-17-47(3,4)36-8-7-9-37-51-33(24-57(36)37)27-10-13-38(60)52-43(27)63)31-18-25-22-58(34-11-14-39(61)53-44(34)64)56-42(25)28(41(31)50)21-48(5,6)30-19-26(49)20-32-29(30)23-59(55-32)35-12-15-40(62)54-45(35)65/h7-9,18-20,22-24,27,34-35H,10-17,21H2,1-6H3,(H,52,60,63)(H,53,61,64)(H,54,62,65). The highest BCUT2D eigenvalue weighted by molar-refractivity contribution is 6.01. The van der Waals surface area contributed by atoms with Crippen molar-refractivity contribution in [2.75, 3.05) is 0 Å². The molecule has 338 valence electrons. The number of benzene rings is 2. The SMILES string of the molecule is CC(C)(CCC(C)(C)c1cccc2nc(C3CCC(=O)NC3=O)cn12)c1cc2cn(C3CCC(=O)NC3=O)nc2c(CC(C)(C)c2cc(F)cc3nn(C4CCC(=O)NC4=O)cc23)c1F. The fourth-order valence-electron chi connectivity index (χ4n) is 9.89. The maximum Gasteiger partial charge on any atom is 0.251 e. The molecule has 3 unspecified atom stereocenters. The molecule has 4 aromatic heterocycles. The minimum atomic E-state index is -0.952. The minimum Gasteiger partial charge on any atom is -0.303 e. The van der Waals surface area contributed by atoms with Gasteiger partial charge in [-0.2, -0.15) is 10.2 Å². The molecule has 3 aliphatic heterocycles. The molecule has 6 aromatic rings. The smallest absolute Gasteiger partial charge is 0.251 e. The van der Waals surface area contributed by atoms with Crippen molar-refractivity contribution in [1.82, 2.24) is 44.9 Å². The highest BCUT2D eigenvalue weighted by atomic mass is 19.1. The van der Waals surface area contributed by atoms with Gasteiger partial charge >= 0.3 is 0 Å². The Morgan fingerprint density at radius 2 is 1.29 bits per heavy atom. The summed E-state index contributed by atoms with van der Waals surface area (Å²) >= 11 is 0. The highest BCUT2D eigenvalue weighted by Gasteiger charge is 2.38. The third-order valence-electron chi connectivity index (χ3n) is 13.8. The summed E-state index contributed by atoms with van der Waals surface area (Å²) in [6.07, 6.45) is 7.81. The average Bonchev–Trinajstić information content (AvgIpc) is 3.98. The molecule has 0 radical (unpaired) electrons. The zero-order chi connectivity index (χ0) is 46.3. The van der Waals surface area contributed by atoms with Gasteiger partial charge in [-0.05, 0) is 84.7 Å². The Bertz CT molecular complexity index is 3010. The number of nitrogens with zero attached hydrogens (tertiary/aromatic N) is 6. The van der Waals surface area contributed by atoms with Gasteiger partial charge in [0, 0.05) is 71.4 Å². The Kier molecular flexibility index (Phi) is 10.6. The quantitative estimate of drug-likeness (QED) is 0.125. The molecular formula is C48H51F2N9O6. The lowest BCUT2D eigenvalue weighted by Crippen LogP contribution is -2.41. The molecule has 0 bridgehead atoms. The molecule has 3 saturated heterocycles. The number of pyridine rings is 1. The van der Waals surface area contributed by atoms with Gasteiger partial charge in [-0.25, -0.2) is 13.8 Å². The van der Waals surface area contributed by atoms with E-state index in [4.69, 9.17) is 10.1 Å². The first-order valence-electron chi connectivity index (χ1n) is 22.1. The van der Waals surface area contributed by atoms with E-state index < -0.39 is 57.7 Å². The van der Waals surface area contributed by atoms with Crippen LogP contribution in [0.15, 0.2) is 55.0 Å². The van der Waals surface area contributed by atoms with Gasteiger partial charge in [-0.1, -0.05) is 47.6 Å². The number of imidazole rings is 1. The monoisotopic (exact) mass is 887 g/mol. The second kappa shape index (κ2) is 15.8. The number of rotatable bonds is 11. The molecule has 2 aromatic carbocycles. The molecule has 0 saturated carbocycles. The largest absolute Gasteiger partial charge is 0.303 e. The number of hydrogen-bond donors (Lipinski definition) is 3. The number of nitrogens with one attached hydrogen (secondary N) is 3. The van der Waals surface area contributed by atoms with E-state index in [9.17, 15) is 28.8 Å². The predicted molar refractivity (Wildman–Crippen MR) is 235 cm³/mol. The number of amides is 6. The van der Waals surface area contributed by atoms with E-state index in [-0.39, 0.29) is 67.7 Å². The van der Waals surface area contributed by atoms with Gasteiger partial charge in [-0.3, -0.25) is 54.1 Å². The number of fused-ring (bicyclic) bond motifs is 3.